The number of aromatic amines is 1. The third-order valence-corrected chi connectivity index (χ3v) is 3.08. The van der Waals surface area contributed by atoms with Crippen LogP contribution in [0.25, 0.3) is 10.9 Å². The van der Waals surface area contributed by atoms with Crippen LogP contribution >= 0.6 is 0 Å². The van der Waals surface area contributed by atoms with Gasteiger partial charge in [-0.3, -0.25) is 4.99 Å². The summed E-state index contributed by atoms with van der Waals surface area (Å²) in [5.41, 5.74) is 1.99. The Morgan fingerprint density at radius 2 is 2.29 bits per heavy atom. The highest BCUT2D eigenvalue weighted by molar-refractivity contribution is 5.83. The van der Waals surface area contributed by atoms with Gasteiger partial charge in [-0.1, -0.05) is 5.92 Å². The molecule has 0 spiro atoms. The maximum atomic E-state index is 13.3. The van der Waals surface area contributed by atoms with Crippen molar-refractivity contribution in [2.24, 2.45) is 4.99 Å². The van der Waals surface area contributed by atoms with Crippen LogP contribution in [0.15, 0.2) is 29.4 Å². The van der Waals surface area contributed by atoms with Gasteiger partial charge in [0.05, 0.1) is 6.54 Å². The lowest BCUT2D eigenvalue weighted by Crippen LogP contribution is -2.37. The van der Waals surface area contributed by atoms with Crippen molar-refractivity contribution < 1.29 is 4.39 Å². The average molecular weight is 286 g/mol. The first-order valence-corrected chi connectivity index (χ1v) is 6.95. The molecule has 110 valence electrons. The van der Waals surface area contributed by atoms with Crippen LogP contribution in [0.3, 0.4) is 0 Å². The molecular weight excluding hydrogens is 267 g/mol. The number of fused-ring (bicyclic) bond motifs is 1. The topological polar surface area (TPSA) is 52.2 Å². The number of hydrogen-bond acceptors (Lipinski definition) is 1. The van der Waals surface area contributed by atoms with E-state index in [-0.39, 0.29) is 5.82 Å². The fourth-order valence-corrected chi connectivity index (χ4v) is 2.12. The second-order valence-corrected chi connectivity index (χ2v) is 4.57. The molecule has 0 aliphatic heterocycles. The van der Waals surface area contributed by atoms with Gasteiger partial charge in [0.2, 0.25) is 0 Å². The number of benzene rings is 1. The van der Waals surface area contributed by atoms with E-state index in [9.17, 15) is 4.39 Å². The van der Waals surface area contributed by atoms with E-state index in [1.165, 1.54) is 6.07 Å². The fourth-order valence-electron chi connectivity index (χ4n) is 2.12. The molecule has 0 radical (unpaired) electrons. The Morgan fingerprint density at radius 3 is 3.05 bits per heavy atom. The van der Waals surface area contributed by atoms with E-state index in [1.807, 2.05) is 13.1 Å². The van der Waals surface area contributed by atoms with E-state index in [0.29, 0.717) is 19.0 Å². The molecule has 2 aromatic rings. The zero-order valence-corrected chi connectivity index (χ0v) is 12.0. The number of nitrogens with zero attached hydrogens (tertiary/aromatic N) is 1. The van der Waals surface area contributed by atoms with Gasteiger partial charge in [-0.05, 0) is 37.1 Å². The summed E-state index contributed by atoms with van der Waals surface area (Å²) < 4.78 is 13.3. The monoisotopic (exact) mass is 286 g/mol. The van der Waals surface area contributed by atoms with Crippen LogP contribution in [0.4, 0.5) is 4.39 Å². The number of hydrogen-bond donors (Lipinski definition) is 3. The molecule has 0 fully saturated rings. The van der Waals surface area contributed by atoms with Crippen molar-refractivity contribution in [1.29, 1.82) is 0 Å². The molecule has 3 N–H and O–H groups in total. The molecule has 0 aliphatic rings. The van der Waals surface area contributed by atoms with Gasteiger partial charge in [0.25, 0.3) is 0 Å². The van der Waals surface area contributed by atoms with Gasteiger partial charge in [-0.25, -0.2) is 4.39 Å². The van der Waals surface area contributed by atoms with Gasteiger partial charge in [0, 0.05) is 30.2 Å². The molecule has 5 heteroatoms. The first-order valence-electron chi connectivity index (χ1n) is 6.95. The molecule has 1 aromatic heterocycles. The fraction of sp³-hybridized carbons (Fsp3) is 0.312. The summed E-state index contributed by atoms with van der Waals surface area (Å²) in [6, 6.07) is 4.75. The Bertz CT molecular complexity index is 666. The van der Waals surface area contributed by atoms with Gasteiger partial charge in [-0.15, -0.1) is 6.42 Å². The maximum absolute atomic E-state index is 13.3. The number of aliphatic imine (C=N–C) groups is 1. The first-order chi connectivity index (χ1) is 10.2. The summed E-state index contributed by atoms with van der Waals surface area (Å²) >= 11 is 0. The SMILES string of the molecule is C#CCNC(=NCCc1c[nH]c2ccc(F)cc12)NCC. The average Bonchev–Trinajstić information content (AvgIpc) is 2.87. The maximum Gasteiger partial charge on any atom is 0.192 e. The zero-order chi connectivity index (χ0) is 15.1. The summed E-state index contributed by atoms with van der Waals surface area (Å²) in [5.74, 6) is 2.98. The molecule has 1 aromatic carbocycles. The number of nitrogens with one attached hydrogen (secondary N) is 3. The molecule has 0 amide bonds. The smallest absolute Gasteiger partial charge is 0.192 e. The number of terminal acetylenes is 1. The zero-order valence-electron chi connectivity index (χ0n) is 12.0. The summed E-state index contributed by atoms with van der Waals surface area (Å²) in [6.45, 7) is 3.80. The Hall–Kier alpha value is -2.48. The van der Waals surface area contributed by atoms with E-state index in [2.05, 4.69) is 26.5 Å². The lowest BCUT2D eigenvalue weighted by atomic mass is 10.1. The predicted molar refractivity (Wildman–Crippen MR) is 84.8 cm³/mol. The van der Waals surface area contributed by atoms with Crippen LogP contribution in [0.2, 0.25) is 0 Å². The lowest BCUT2D eigenvalue weighted by Gasteiger charge is -2.08. The van der Waals surface area contributed by atoms with Crippen molar-refractivity contribution in [3.8, 4) is 12.3 Å². The van der Waals surface area contributed by atoms with Crippen molar-refractivity contribution in [2.75, 3.05) is 19.6 Å². The highest BCUT2D eigenvalue weighted by Gasteiger charge is 2.04. The Morgan fingerprint density at radius 1 is 1.43 bits per heavy atom. The lowest BCUT2D eigenvalue weighted by molar-refractivity contribution is 0.629. The van der Waals surface area contributed by atoms with Crippen LogP contribution in [0.5, 0.6) is 0 Å². The second-order valence-electron chi connectivity index (χ2n) is 4.57. The third-order valence-electron chi connectivity index (χ3n) is 3.08. The highest BCUT2D eigenvalue weighted by Crippen LogP contribution is 2.19. The molecular formula is C16H19FN4. The Kier molecular flexibility index (Phi) is 5.22. The molecule has 0 unspecified atom stereocenters. The minimum absolute atomic E-state index is 0.226. The molecule has 0 atom stereocenters. The van der Waals surface area contributed by atoms with E-state index in [1.54, 1.807) is 12.1 Å². The van der Waals surface area contributed by atoms with Crippen LogP contribution in [-0.2, 0) is 6.42 Å². The first kappa shape index (κ1) is 14.9. The molecule has 2 rings (SSSR count). The molecule has 0 saturated carbocycles. The number of H-pyrrole nitrogens is 1. The van der Waals surface area contributed by atoms with E-state index in [4.69, 9.17) is 6.42 Å². The van der Waals surface area contributed by atoms with Crippen LogP contribution in [0, 0.1) is 18.2 Å². The summed E-state index contributed by atoms with van der Waals surface area (Å²) in [5, 5.41) is 7.06. The summed E-state index contributed by atoms with van der Waals surface area (Å²) in [7, 11) is 0. The van der Waals surface area contributed by atoms with Crippen molar-refractivity contribution in [1.82, 2.24) is 15.6 Å². The van der Waals surface area contributed by atoms with E-state index < -0.39 is 0 Å². The quantitative estimate of drug-likeness (QED) is 0.447. The van der Waals surface area contributed by atoms with Crippen molar-refractivity contribution in [3.05, 3.63) is 35.8 Å². The van der Waals surface area contributed by atoms with Crippen molar-refractivity contribution in [3.63, 3.8) is 0 Å². The summed E-state index contributed by atoms with van der Waals surface area (Å²) in [6.07, 6.45) is 7.86. The van der Waals surface area contributed by atoms with E-state index in [0.717, 1.165) is 29.4 Å². The minimum atomic E-state index is -0.226. The minimum Gasteiger partial charge on any atom is -0.361 e. The van der Waals surface area contributed by atoms with Gasteiger partial charge >= 0.3 is 0 Å². The number of halogens is 1. The van der Waals surface area contributed by atoms with Gasteiger partial charge < -0.3 is 15.6 Å². The van der Waals surface area contributed by atoms with Gasteiger partial charge in [-0.2, -0.15) is 0 Å². The van der Waals surface area contributed by atoms with Crippen molar-refractivity contribution >= 4 is 16.9 Å². The predicted octanol–water partition coefficient (Wildman–Crippen LogP) is 2.04. The largest absolute Gasteiger partial charge is 0.361 e. The third kappa shape index (κ3) is 3.99. The van der Waals surface area contributed by atoms with Crippen LogP contribution in [-0.4, -0.2) is 30.6 Å². The molecule has 21 heavy (non-hydrogen) atoms. The van der Waals surface area contributed by atoms with Crippen LogP contribution in [0.1, 0.15) is 12.5 Å². The van der Waals surface area contributed by atoms with Gasteiger partial charge in [0.15, 0.2) is 5.96 Å². The van der Waals surface area contributed by atoms with Crippen LogP contribution < -0.4 is 10.6 Å². The van der Waals surface area contributed by atoms with Gasteiger partial charge in [0.1, 0.15) is 5.82 Å². The highest BCUT2D eigenvalue weighted by atomic mass is 19.1. The van der Waals surface area contributed by atoms with E-state index >= 15 is 0 Å². The van der Waals surface area contributed by atoms with Crippen molar-refractivity contribution in [2.45, 2.75) is 13.3 Å². The second kappa shape index (κ2) is 7.34. The Labute approximate surface area is 123 Å². The molecule has 1 heterocycles. The number of aromatic nitrogens is 1. The normalized spacial score (nSPS) is 11.4. The molecule has 0 bridgehead atoms. The molecule has 4 nitrogen and oxygen atoms in total. The summed E-state index contributed by atoms with van der Waals surface area (Å²) in [4.78, 5) is 7.59. The number of rotatable bonds is 5. The number of guanidine groups is 1. The standard InChI is InChI=1S/C16H19FN4/c1-3-8-19-16(18-4-2)20-9-7-12-11-21-15-6-5-13(17)10-14(12)15/h1,5-6,10-11,21H,4,7-9H2,2H3,(H2,18,19,20). The molecule has 0 saturated heterocycles. The molecule has 0 aliphatic carbocycles. The Balaban J connectivity index is 2.03.